The number of anilines is 1. The summed E-state index contributed by atoms with van der Waals surface area (Å²) < 4.78 is 5.79. The highest BCUT2D eigenvalue weighted by atomic mass is 35.5. The van der Waals surface area contributed by atoms with Crippen LogP contribution in [-0.4, -0.2) is 11.2 Å². The van der Waals surface area contributed by atoms with E-state index in [9.17, 15) is 0 Å². The Bertz CT molecular complexity index is 773. The van der Waals surface area contributed by atoms with Gasteiger partial charge in [0, 0.05) is 16.6 Å². The molecule has 3 rings (SSSR count). The van der Waals surface area contributed by atoms with Gasteiger partial charge in [0.2, 0.25) is 5.13 Å². The molecule has 0 saturated carbocycles. The molecule has 4 nitrogen and oxygen atoms in total. The molecule has 0 fully saturated rings. The minimum Gasteiger partial charge on any atom is -0.489 e. The second-order valence-electron chi connectivity index (χ2n) is 4.69. The van der Waals surface area contributed by atoms with E-state index >= 15 is 0 Å². The van der Waals surface area contributed by atoms with E-state index in [0.29, 0.717) is 6.61 Å². The summed E-state index contributed by atoms with van der Waals surface area (Å²) in [4.78, 5) is 4.09. The summed E-state index contributed by atoms with van der Waals surface area (Å²) in [5.41, 5.74) is 4.89. The summed E-state index contributed by atoms with van der Waals surface area (Å²) in [7, 11) is 0. The fraction of sp³-hybridized carbons (Fsp3) is 0.0588. The number of halogens is 1. The number of hydrogen-bond donors (Lipinski definition) is 1. The van der Waals surface area contributed by atoms with Crippen molar-refractivity contribution in [1.82, 2.24) is 4.98 Å². The molecule has 116 valence electrons. The first-order chi connectivity index (χ1) is 11.3. The predicted molar refractivity (Wildman–Crippen MR) is 95.6 cm³/mol. The van der Waals surface area contributed by atoms with Crippen molar-refractivity contribution in [3.8, 4) is 5.75 Å². The molecule has 0 atom stereocenters. The number of thiazole rings is 1. The molecule has 0 aliphatic carbocycles. The van der Waals surface area contributed by atoms with E-state index < -0.39 is 0 Å². The van der Waals surface area contributed by atoms with Gasteiger partial charge in [-0.05, 0) is 35.4 Å². The standard InChI is InChI=1S/C17H14ClN3OS/c18-15-6-4-13(5-7-15)12-22-16-3-1-2-14(10-16)11-20-21-17-19-8-9-23-17/h1-11H,12H2,(H,19,21)/b20-11-. The smallest absolute Gasteiger partial charge is 0.203 e. The highest BCUT2D eigenvalue weighted by molar-refractivity contribution is 7.13. The molecule has 0 amide bonds. The fourth-order valence-corrected chi connectivity index (χ4v) is 2.48. The number of nitrogens with zero attached hydrogens (tertiary/aromatic N) is 2. The van der Waals surface area contributed by atoms with E-state index in [4.69, 9.17) is 16.3 Å². The lowest BCUT2D eigenvalue weighted by Gasteiger charge is -2.07. The maximum Gasteiger partial charge on any atom is 0.203 e. The van der Waals surface area contributed by atoms with Crippen LogP contribution < -0.4 is 10.2 Å². The third kappa shape index (κ3) is 4.81. The van der Waals surface area contributed by atoms with Crippen LogP contribution in [0.4, 0.5) is 5.13 Å². The molecule has 2 aromatic carbocycles. The van der Waals surface area contributed by atoms with Crippen molar-refractivity contribution in [2.75, 3.05) is 5.43 Å². The van der Waals surface area contributed by atoms with Crippen molar-refractivity contribution in [3.63, 3.8) is 0 Å². The van der Waals surface area contributed by atoms with Gasteiger partial charge < -0.3 is 4.74 Å². The normalized spacial score (nSPS) is 10.8. The minimum absolute atomic E-state index is 0.495. The van der Waals surface area contributed by atoms with E-state index in [-0.39, 0.29) is 0 Å². The zero-order chi connectivity index (χ0) is 15.9. The van der Waals surface area contributed by atoms with Gasteiger partial charge in [-0.15, -0.1) is 11.3 Å². The Morgan fingerprint density at radius 2 is 2.09 bits per heavy atom. The number of benzene rings is 2. The van der Waals surface area contributed by atoms with E-state index in [1.54, 1.807) is 12.4 Å². The molecular weight excluding hydrogens is 330 g/mol. The SMILES string of the molecule is Clc1ccc(COc2cccc(/C=N\Nc3nccs3)c2)cc1. The first-order valence-electron chi connectivity index (χ1n) is 6.95. The zero-order valence-electron chi connectivity index (χ0n) is 12.1. The van der Waals surface area contributed by atoms with Crippen LogP contribution in [0.5, 0.6) is 5.75 Å². The van der Waals surface area contributed by atoms with Gasteiger partial charge in [-0.25, -0.2) is 4.98 Å². The number of rotatable bonds is 6. The number of hydrazone groups is 1. The van der Waals surface area contributed by atoms with Gasteiger partial charge in [0.1, 0.15) is 12.4 Å². The average molecular weight is 344 g/mol. The van der Waals surface area contributed by atoms with Crippen LogP contribution in [0.3, 0.4) is 0 Å². The fourth-order valence-electron chi connectivity index (χ4n) is 1.87. The van der Waals surface area contributed by atoms with Crippen molar-refractivity contribution >= 4 is 34.3 Å². The van der Waals surface area contributed by atoms with Crippen LogP contribution in [0.1, 0.15) is 11.1 Å². The van der Waals surface area contributed by atoms with Crippen molar-refractivity contribution in [3.05, 3.63) is 76.3 Å². The molecular formula is C17H14ClN3OS. The number of nitrogens with one attached hydrogen (secondary N) is 1. The largest absolute Gasteiger partial charge is 0.489 e. The van der Waals surface area contributed by atoms with Crippen LogP contribution >= 0.6 is 22.9 Å². The number of ether oxygens (including phenoxy) is 1. The van der Waals surface area contributed by atoms with Crippen LogP contribution in [0.25, 0.3) is 0 Å². The monoisotopic (exact) mass is 343 g/mol. The molecule has 0 aliphatic heterocycles. The van der Waals surface area contributed by atoms with Gasteiger partial charge in [-0.1, -0.05) is 35.9 Å². The van der Waals surface area contributed by atoms with Gasteiger partial charge in [-0.3, -0.25) is 5.43 Å². The second kappa shape index (κ2) is 7.76. The van der Waals surface area contributed by atoms with E-state index in [0.717, 1.165) is 27.0 Å². The first-order valence-corrected chi connectivity index (χ1v) is 8.21. The molecule has 0 saturated heterocycles. The van der Waals surface area contributed by atoms with Crippen molar-refractivity contribution in [1.29, 1.82) is 0 Å². The van der Waals surface area contributed by atoms with E-state index in [2.05, 4.69) is 15.5 Å². The quantitative estimate of drug-likeness (QED) is 0.515. The zero-order valence-corrected chi connectivity index (χ0v) is 13.7. The predicted octanol–water partition coefficient (Wildman–Crippen LogP) is 4.82. The van der Waals surface area contributed by atoms with E-state index in [1.165, 1.54) is 11.3 Å². The molecule has 1 aromatic heterocycles. The van der Waals surface area contributed by atoms with Gasteiger partial charge >= 0.3 is 0 Å². The lowest BCUT2D eigenvalue weighted by atomic mass is 10.2. The van der Waals surface area contributed by atoms with E-state index in [1.807, 2.05) is 53.9 Å². The Balaban J connectivity index is 1.58. The molecule has 1 heterocycles. The first kappa shape index (κ1) is 15.5. The third-order valence-corrected chi connectivity index (χ3v) is 3.91. The Morgan fingerprint density at radius 1 is 1.22 bits per heavy atom. The Morgan fingerprint density at radius 3 is 2.87 bits per heavy atom. The second-order valence-corrected chi connectivity index (χ2v) is 6.03. The maximum atomic E-state index is 5.87. The van der Waals surface area contributed by atoms with Gasteiger partial charge in [0.25, 0.3) is 0 Å². The summed E-state index contributed by atoms with van der Waals surface area (Å²) >= 11 is 7.37. The summed E-state index contributed by atoms with van der Waals surface area (Å²) in [6.07, 6.45) is 3.46. The summed E-state index contributed by atoms with van der Waals surface area (Å²) in [6.45, 7) is 0.495. The van der Waals surface area contributed by atoms with Gasteiger partial charge in [0.05, 0.1) is 6.21 Å². The number of aromatic nitrogens is 1. The highest BCUT2D eigenvalue weighted by Gasteiger charge is 1.98. The average Bonchev–Trinajstić information content (AvgIpc) is 3.08. The molecule has 0 spiro atoms. The van der Waals surface area contributed by atoms with Crippen LogP contribution in [0, 0.1) is 0 Å². The lowest BCUT2D eigenvalue weighted by molar-refractivity contribution is 0.306. The Kier molecular flexibility index (Phi) is 5.24. The molecule has 23 heavy (non-hydrogen) atoms. The van der Waals surface area contributed by atoms with Crippen LogP contribution in [0.15, 0.2) is 65.2 Å². The minimum atomic E-state index is 0.495. The Labute approximate surface area is 143 Å². The molecule has 0 unspecified atom stereocenters. The summed E-state index contributed by atoms with van der Waals surface area (Å²) in [5.74, 6) is 0.790. The topological polar surface area (TPSA) is 46.5 Å². The van der Waals surface area contributed by atoms with Crippen molar-refractivity contribution < 1.29 is 4.74 Å². The molecule has 0 aliphatic rings. The molecule has 3 aromatic rings. The molecule has 0 radical (unpaired) electrons. The Hall–Kier alpha value is -2.37. The number of hydrogen-bond acceptors (Lipinski definition) is 5. The summed E-state index contributed by atoms with van der Waals surface area (Å²) in [5, 5.41) is 7.53. The van der Waals surface area contributed by atoms with Gasteiger partial charge in [0.15, 0.2) is 0 Å². The lowest BCUT2D eigenvalue weighted by Crippen LogP contribution is -1.96. The molecule has 6 heteroatoms. The maximum absolute atomic E-state index is 5.87. The van der Waals surface area contributed by atoms with Crippen molar-refractivity contribution in [2.24, 2.45) is 5.10 Å². The van der Waals surface area contributed by atoms with Gasteiger partial charge in [-0.2, -0.15) is 5.10 Å². The van der Waals surface area contributed by atoms with Crippen molar-refractivity contribution in [2.45, 2.75) is 6.61 Å². The van der Waals surface area contributed by atoms with Crippen LogP contribution in [0.2, 0.25) is 5.02 Å². The third-order valence-electron chi connectivity index (χ3n) is 2.98. The van der Waals surface area contributed by atoms with Crippen LogP contribution in [-0.2, 0) is 6.61 Å². The molecule has 1 N–H and O–H groups in total. The summed E-state index contributed by atoms with van der Waals surface area (Å²) in [6, 6.07) is 15.4. The molecule has 0 bridgehead atoms. The highest BCUT2D eigenvalue weighted by Crippen LogP contribution is 2.16.